The van der Waals surface area contributed by atoms with Gasteiger partial charge in [-0.3, -0.25) is 9.69 Å². The Balaban J connectivity index is 1.61. The highest BCUT2D eigenvalue weighted by Crippen LogP contribution is 2.36. The van der Waals surface area contributed by atoms with Crippen molar-refractivity contribution in [3.8, 4) is 0 Å². The first-order valence-electron chi connectivity index (χ1n) is 9.02. The third-order valence-electron chi connectivity index (χ3n) is 4.71. The number of anilines is 2. The number of carbonyl (C=O) groups excluding carboxylic acids is 2. The number of ether oxygens (including phenoxy) is 1. The lowest BCUT2D eigenvalue weighted by Gasteiger charge is -2.24. The molecule has 1 amide bonds. The molecule has 0 saturated heterocycles. The smallest absolute Gasteiger partial charge is 0.359 e. The zero-order valence-corrected chi connectivity index (χ0v) is 16.8. The van der Waals surface area contributed by atoms with E-state index >= 15 is 0 Å². The highest BCUT2D eigenvalue weighted by molar-refractivity contribution is 6.34. The number of nitrogens with zero attached hydrogens (tertiary/aromatic N) is 2. The maximum absolute atomic E-state index is 13.1. The summed E-state index contributed by atoms with van der Waals surface area (Å²) >= 11 is 11.8. The van der Waals surface area contributed by atoms with Gasteiger partial charge in [-0.25, -0.2) is 9.78 Å². The van der Waals surface area contributed by atoms with Gasteiger partial charge in [0.05, 0.1) is 16.4 Å². The van der Waals surface area contributed by atoms with Gasteiger partial charge in [0.2, 0.25) is 0 Å². The Morgan fingerprint density at radius 1 is 0.897 bits per heavy atom. The number of aromatic nitrogens is 1. The van der Waals surface area contributed by atoms with Crippen molar-refractivity contribution in [2.24, 2.45) is 0 Å². The SMILES string of the molecule is O=C(OCC(=O)N1c2ccccc2CCc2ccccc21)c1nc(Cl)ccc1Cl. The average Bonchev–Trinajstić information content (AvgIpc) is 2.90. The zero-order valence-electron chi connectivity index (χ0n) is 15.3. The van der Waals surface area contributed by atoms with Gasteiger partial charge in [0.1, 0.15) is 5.15 Å². The number of hydrogen-bond donors (Lipinski definition) is 0. The first-order valence-corrected chi connectivity index (χ1v) is 9.78. The Hall–Kier alpha value is -2.89. The van der Waals surface area contributed by atoms with E-state index in [0.29, 0.717) is 0 Å². The van der Waals surface area contributed by atoms with Gasteiger partial charge in [0, 0.05) is 0 Å². The minimum atomic E-state index is -0.803. The lowest BCUT2D eigenvalue weighted by molar-refractivity contribution is -0.121. The van der Waals surface area contributed by atoms with Crippen LogP contribution in [-0.4, -0.2) is 23.5 Å². The summed E-state index contributed by atoms with van der Waals surface area (Å²) in [6.07, 6.45) is 1.64. The number of aryl methyl sites for hydroxylation is 2. The van der Waals surface area contributed by atoms with E-state index in [1.54, 1.807) is 4.90 Å². The molecule has 7 heteroatoms. The molecule has 0 N–H and O–H groups in total. The van der Waals surface area contributed by atoms with Gasteiger partial charge in [0.25, 0.3) is 5.91 Å². The summed E-state index contributed by atoms with van der Waals surface area (Å²) in [5, 5.41) is 0.223. The van der Waals surface area contributed by atoms with Crippen molar-refractivity contribution in [3.05, 3.63) is 87.7 Å². The van der Waals surface area contributed by atoms with Crippen molar-refractivity contribution in [3.63, 3.8) is 0 Å². The number of hydrogen-bond acceptors (Lipinski definition) is 4. The number of rotatable bonds is 3. The number of esters is 1. The van der Waals surface area contributed by atoms with E-state index in [-0.39, 0.29) is 21.8 Å². The molecule has 0 bridgehead atoms. The van der Waals surface area contributed by atoms with Crippen LogP contribution in [0.3, 0.4) is 0 Å². The summed E-state index contributed by atoms with van der Waals surface area (Å²) in [6.45, 7) is -0.452. The molecule has 146 valence electrons. The molecule has 1 aliphatic heterocycles. The summed E-state index contributed by atoms with van der Waals surface area (Å²) in [6, 6.07) is 18.4. The fourth-order valence-corrected chi connectivity index (χ4v) is 3.70. The summed E-state index contributed by atoms with van der Waals surface area (Å²) in [4.78, 5) is 31.0. The second-order valence-corrected chi connectivity index (χ2v) is 7.32. The van der Waals surface area contributed by atoms with E-state index < -0.39 is 12.6 Å². The lowest BCUT2D eigenvalue weighted by Crippen LogP contribution is -2.31. The number of fused-ring (bicyclic) bond motifs is 2. The third-order valence-corrected chi connectivity index (χ3v) is 5.23. The van der Waals surface area contributed by atoms with Crippen LogP contribution >= 0.6 is 23.2 Å². The van der Waals surface area contributed by atoms with Crippen molar-refractivity contribution in [2.45, 2.75) is 12.8 Å². The zero-order chi connectivity index (χ0) is 20.4. The third kappa shape index (κ3) is 3.97. The molecule has 4 rings (SSSR count). The molecule has 3 aromatic rings. The molecule has 1 aromatic heterocycles. The van der Waals surface area contributed by atoms with E-state index in [4.69, 9.17) is 27.9 Å². The molecular formula is C22H16Cl2N2O3. The number of carbonyl (C=O) groups is 2. The number of amides is 1. The topological polar surface area (TPSA) is 59.5 Å². The second-order valence-electron chi connectivity index (χ2n) is 6.53. The van der Waals surface area contributed by atoms with E-state index in [1.807, 2.05) is 48.5 Å². The van der Waals surface area contributed by atoms with Crippen LogP contribution in [0, 0.1) is 0 Å². The molecule has 0 unspecified atom stereocenters. The van der Waals surface area contributed by atoms with Crippen LogP contribution in [0.25, 0.3) is 0 Å². The average molecular weight is 427 g/mol. The van der Waals surface area contributed by atoms with E-state index in [2.05, 4.69) is 4.98 Å². The molecule has 0 fully saturated rings. The first-order chi connectivity index (χ1) is 14.0. The summed E-state index contributed by atoms with van der Waals surface area (Å²) in [5.41, 5.74) is 3.57. The van der Waals surface area contributed by atoms with Crippen molar-refractivity contribution in [1.82, 2.24) is 4.98 Å². The van der Waals surface area contributed by atoms with Crippen LogP contribution in [0.15, 0.2) is 60.7 Å². The van der Waals surface area contributed by atoms with Gasteiger partial charge in [-0.15, -0.1) is 0 Å². The van der Waals surface area contributed by atoms with Gasteiger partial charge < -0.3 is 4.74 Å². The van der Waals surface area contributed by atoms with Gasteiger partial charge >= 0.3 is 5.97 Å². The highest BCUT2D eigenvalue weighted by atomic mass is 35.5. The number of para-hydroxylation sites is 2. The van der Waals surface area contributed by atoms with Crippen molar-refractivity contribution in [1.29, 1.82) is 0 Å². The van der Waals surface area contributed by atoms with Crippen molar-refractivity contribution < 1.29 is 14.3 Å². The largest absolute Gasteiger partial charge is 0.451 e. The fourth-order valence-electron chi connectivity index (χ4n) is 3.37. The van der Waals surface area contributed by atoms with E-state index in [9.17, 15) is 9.59 Å². The molecule has 1 aliphatic rings. The number of pyridine rings is 1. The minimum absolute atomic E-state index is 0.109. The maximum Gasteiger partial charge on any atom is 0.359 e. The van der Waals surface area contributed by atoms with Crippen LogP contribution < -0.4 is 4.90 Å². The molecule has 0 aliphatic carbocycles. The monoisotopic (exact) mass is 426 g/mol. The minimum Gasteiger partial charge on any atom is -0.451 e. The van der Waals surface area contributed by atoms with Crippen molar-refractivity contribution in [2.75, 3.05) is 11.5 Å². The van der Waals surface area contributed by atoms with Gasteiger partial charge in [-0.1, -0.05) is 59.6 Å². The Kier molecular flexibility index (Phi) is 5.51. The van der Waals surface area contributed by atoms with Crippen LogP contribution in [-0.2, 0) is 22.4 Å². The Morgan fingerprint density at radius 2 is 1.48 bits per heavy atom. The molecule has 29 heavy (non-hydrogen) atoms. The van der Waals surface area contributed by atoms with Gasteiger partial charge in [-0.05, 0) is 48.2 Å². The van der Waals surface area contributed by atoms with Gasteiger partial charge in [0.15, 0.2) is 12.3 Å². The summed E-state index contributed by atoms with van der Waals surface area (Å²) < 4.78 is 5.21. The Labute approximate surface area is 177 Å². The van der Waals surface area contributed by atoms with Crippen LogP contribution in [0.2, 0.25) is 10.2 Å². The molecule has 2 heterocycles. The molecule has 2 aromatic carbocycles. The second kappa shape index (κ2) is 8.23. The van der Waals surface area contributed by atoms with Crippen LogP contribution in [0.1, 0.15) is 21.6 Å². The first kappa shape index (κ1) is 19.4. The van der Waals surface area contributed by atoms with Crippen LogP contribution in [0.5, 0.6) is 0 Å². The molecule has 0 spiro atoms. The van der Waals surface area contributed by atoms with E-state index in [1.165, 1.54) is 12.1 Å². The summed E-state index contributed by atoms with van der Waals surface area (Å²) in [7, 11) is 0. The quantitative estimate of drug-likeness (QED) is 0.436. The summed E-state index contributed by atoms with van der Waals surface area (Å²) in [5.74, 6) is -1.17. The standard InChI is InChI=1S/C22H16Cl2N2O3/c23-16-11-12-19(24)25-21(16)22(28)29-13-20(27)26-17-7-3-1-5-14(17)9-10-15-6-2-4-8-18(15)26/h1-8,11-12H,9-10,13H2. The molecule has 0 saturated carbocycles. The fraction of sp³-hybridized carbons (Fsp3) is 0.136. The number of benzene rings is 2. The van der Waals surface area contributed by atoms with Crippen molar-refractivity contribution >= 4 is 46.5 Å². The number of halogens is 2. The molecule has 0 radical (unpaired) electrons. The predicted octanol–water partition coefficient (Wildman–Crippen LogP) is 5.01. The van der Waals surface area contributed by atoms with Gasteiger partial charge in [-0.2, -0.15) is 0 Å². The maximum atomic E-state index is 13.1. The normalized spacial score (nSPS) is 12.6. The molecular weight excluding hydrogens is 411 g/mol. The lowest BCUT2D eigenvalue weighted by atomic mass is 10.0. The predicted molar refractivity (Wildman–Crippen MR) is 112 cm³/mol. The Morgan fingerprint density at radius 3 is 2.10 bits per heavy atom. The molecule has 5 nitrogen and oxygen atoms in total. The Bertz CT molecular complexity index is 1050. The molecule has 0 atom stereocenters. The van der Waals surface area contributed by atoms with Crippen LogP contribution in [0.4, 0.5) is 11.4 Å². The highest BCUT2D eigenvalue weighted by Gasteiger charge is 2.27. The van der Waals surface area contributed by atoms with E-state index in [0.717, 1.165) is 35.3 Å².